The van der Waals surface area contributed by atoms with E-state index >= 15 is 0 Å². The molecule has 4 nitrogen and oxygen atoms in total. The van der Waals surface area contributed by atoms with E-state index in [1.807, 2.05) is 0 Å². The van der Waals surface area contributed by atoms with Crippen molar-refractivity contribution in [1.29, 1.82) is 0 Å². The Morgan fingerprint density at radius 1 is 1.11 bits per heavy atom. The molecule has 4 heteroatoms. The van der Waals surface area contributed by atoms with Crippen LogP contribution >= 0.6 is 0 Å². The van der Waals surface area contributed by atoms with Gasteiger partial charge in [-0.05, 0) is 63.6 Å². The highest BCUT2D eigenvalue weighted by molar-refractivity contribution is 5.80. The molecule has 1 aromatic rings. The minimum absolute atomic E-state index is 0.258. The molecule has 2 bridgehead atoms. The third kappa shape index (κ3) is 3.19. The Bertz CT molecular complexity index is 701. The Hall–Kier alpha value is -1.39. The number of fused-ring (bicyclic) bond motifs is 1. The van der Waals surface area contributed by atoms with Gasteiger partial charge in [0, 0.05) is 29.6 Å². The van der Waals surface area contributed by atoms with Crippen molar-refractivity contribution in [3.8, 4) is 0 Å². The van der Waals surface area contributed by atoms with Crippen LogP contribution in [-0.4, -0.2) is 59.5 Å². The fourth-order valence-corrected chi connectivity index (χ4v) is 6.71. The maximum atomic E-state index is 13.6. The summed E-state index contributed by atoms with van der Waals surface area (Å²) < 4.78 is 0. The number of carbonyl (C=O) groups is 1. The summed E-state index contributed by atoms with van der Waals surface area (Å²) in [5, 5.41) is 4.02. The highest BCUT2D eigenvalue weighted by atomic mass is 16.2. The Labute approximate surface area is 169 Å². The van der Waals surface area contributed by atoms with Crippen molar-refractivity contribution in [1.82, 2.24) is 15.1 Å². The molecule has 1 amide bonds. The highest BCUT2D eigenvalue weighted by Gasteiger charge is 2.60. The van der Waals surface area contributed by atoms with Crippen LogP contribution in [0.2, 0.25) is 0 Å². The Morgan fingerprint density at radius 2 is 1.89 bits per heavy atom. The average Bonchev–Trinajstić information content (AvgIpc) is 3.02. The molecule has 152 valence electrons. The van der Waals surface area contributed by atoms with Gasteiger partial charge in [-0.3, -0.25) is 9.69 Å². The summed E-state index contributed by atoms with van der Waals surface area (Å²) in [7, 11) is 0. The van der Waals surface area contributed by atoms with Gasteiger partial charge in [0.05, 0.1) is 6.54 Å². The zero-order valence-corrected chi connectivity index (χ0v) is 17.3. The first-order valence-corrected chi connectivity index (χ1v) is 11.5. The molecule has 28 heavy (non-hydrogen) atoms. The molecule has 5 atom stereocenters. The van der Waals surface area contributed by atoms with Crippen LogP contribution in [0.1, 0.15) is 57.4 Å². The molecule has 1 N–H and O–H groups in total. The fourth-order valence-electron chi connectivity index (χ4n) is 6.71. The van der Waals surface area contributed by atoms with Gasteiger partial charge < -0.3 is 10.2 Å². The smallest absolute Gasteiger partial charge is 0.237 e. The van der Waals surface area contributed by atoms with Crippen molar-refractivity contribution in [2.75, 3.05) is 19.6 Å². The molecule has 3 aliphatic heterocycles. The first-order chi connectivity index (χ1) is 13.6. The minimum Gasteiger partial charge on any atom is -0.333 e. The average molecular weight is 382 g/mol. The van der Waals surface area contributed by atoms with E-state index in [-0.39, 0.29) is 5.41 Å². The molecule has 5 rings (SSSR count). The van der Waals surface area contributed by atoms with Crippen LogP contribution in [0.5, 0.6) is 0 Å². The van der Waals surface area contributed by atoms with Gasteiger partial charge in [0.15, 0.2) is 0 Å². The Kier molecular flexibility index (Phi) is 4.96. The van der Waals surface area contributed by atoms with Gasteiger partial charge in [-0.2, -0.15) is 0 Å². The first-order valence-electron chi connectivity index (χ1n) is 11.5. The van der Waals surface area contributed by atoms with E-state index in [1.165, 1.54) is 50.5 Å². The van der Waals surface area contributed by atoms with Crippen LogP contribution in [0.15, 0.2) is 30.3 Å². The van der Waals surface area contributed by atoms with Gasteiger partial charge in [-0.15, -0.1) is 0 Å². The van der Waals surface area contributed by atoms with E-state index < -0.39 is 0 Å². The van der Waals surface area contributed by atoms with Crippen molar-refractivity contribution < 1.29 is 4.79 Å². The summed E-state index contributed by atoms with van der Waals surface area (Å²) in [6, 6.07) is 12.5. The second-order valence-corrected chi connectivity index (χ2v) is 9.88. The summed E-state index contributed by atoms with van der Waals surface area (Å²) in [4.78, 5) is 18.3. The monoisotopic (exact) mass is 381 g/mol. The predicted octanol–water partition coefficient (Wildman–Crippen LogP) is 3.22. The normalized spacial score (nSPS) is 37.8. The molecular weight excluding hydrogens is 346 g/mol. The first kappa shape index (κ1) is 18.6. The number of carbonyl (C=O) groups excluding carboxylic acids is 1. The number of nitrogens with one attached hydrogen (secondary N) is 1. The lowest BCUT2D eigenvalue weighted by atomic mass is 9.65. The third-order valence-corrected chi connectivity index (χ3v) is 8.14. The SMILES string of the molecule is C[C@@]12C[C@H]3[C@@H](Cc4ccccc4)N[C@@H]1CCC[C@@H]2N3C(=O)CN1CCCCC1. The van der Waals surface area contributed by atoms with E-state index in [4.69, 9.17) is 0 Å². The zero-order chi connectivity index (χ0) is 19.1. The van der Waals surface area contributed by atoms with Crippen LogP contribution in [-0.2, 0) is 11.2 Å². The second-order valence-electron chi connectivity index (χ2n) is 9.88. The Morgan fingerprint density at radius 3 is 2.68 bits per heavy atom. The van der Waals surface area contributed by atoms with Crippen LogP contribution in [0, 0.1) is 5.41 Å². The van der Waals surface area contributed by atoms with Crippen LogP contribution in [0.25, 0.3) is 0 Å². The number of hydrogen-bond donors (Lipinski definition) is 1. The molecule has 3 heterocycles. The predicted molar refractivity (Wildman–Crippen MR) is 112 cm³/mol. The number of amides is 1. The van der Waals surface area contributed by atoms with E-state index in [9.17, 15) is 4.79 Å². The number of likely N-dealkylation sites (tertiary alicyclic amines) is 2. The molecule has 0 aromatic heterocycles. The van der Waals surface area contributed by atoms with E-state index in [0.29, 0.717) is 36.6 Å². The van der Waals surface area contributed by atoms with Gasteiger partial charge in [0.1, 0.15) is 0 Å². The van der Waals surface area contributed by atoms with E-state index in [1.54, 1.807) is 0 Å². The molecule has 0 radical (unpaired) electrons. The summed E-state index contributed by atoms with van der Waals surface area (Å²) in [6.45, 7) is 5.28. The lowest BCUT2D eigenvalue weighted by Crippen LogP contribution is -2.58. The molecule has 4 aliphatic rings. The lowest BCUT2D eigenvalue weighted by Gasteiger charge is -2.46. The minimum atomic E-state index is 0.258. The van der Waals surface area contributed by atoms with Crippen molar-refractivity contribution >= 4 is 5.91 Å². The molecule has 1 saturated carbocycles. The molecule has 1 aliphatic carbocycles. The highest BCUT2D eigenvalue weighted by Crippen LogP contribution is 2.53. The topological polar surface area (TPSA) is 35.6 Å². The maximum Gasteiger partial charge on any atom is 0.237 e. The molecule has 0 unspecified atom stereocenters. The summed E-state index contributed by atoms with van der Waals surface area (Å²) in [5.74, 6) is 0.392. The fraction of sp³-hybridized carbons (Fsp3) is 0.708. The van der Waals surface area contributed by atoms with Crippen LogP contribution in [0.3, 0.4) is 0 Å². The van der Waals surface area contributed by atoms with Gasteiger partial charge in [0.2, 0.25) is 5.91 Å². The molecular formula is C24H35N3O. The van der Waals surface area contributed by atoms with Crippen molar-refractivity contribution in [2.24, 2.45) is 5.41 Å². The number of benzene rings is 1. The summed E-state index contributed by atoms with van der Waals surface area (Å²) in [5.41, 5.74) is 1.64. The third-order valence-electron chi connectivity index (χ3n) is 8.14. The zero-order valence-electron chi connectivity index (χ0n) is 17.3. The van der Waals surface area contributed by atoms with Crippen LogP contribution < -0.4 is 5.32 Å². The quantitative estimate of drug-likeness (QED) is 0.870. The largest absolute Gasteiger partial charge is 0.333 e. The summed E-state index contributed by atoms with van der Waals surface area (Å²) in [6.07, 6.45) is 9.72. The molecule has 1 aromatic carbocycles. The standard InChI is InChI=1S/C24H35N3O/c1-24-16-20-19(15-18-9-4-2-5-10-18)25-21(24)11-8-12-22(24)27(20)23(28)17-26-13-6-3-7-14-26/h2,4-5,9-10,19-22,25H,3,6-8,11-17H2,1H3/t19-,20+,21-,22+,24-/m1/s1. The van der Waals surface area contributed by atoms with Crippen LogP contribution in [0.4, 0.5) is 0 Å². The number of hydrogen-bond acceptors (Lipinski definition) is 3. The van der Waals surface area contributed by atoms with Gasteiger partial charge in [0.25, 0.3) is 0 Å². The van der Waals surface area contributed by atoms with E-state index in [2.05, 4.69) is 52.4 Å². The Balaban J connectivity index is 1.39. The van der Waals surface area contributed by atoms with Gasteiger partial charge in [-0.1, -0.05) is 43.7 Å². The van der Waals surface area contributed by atoms with Gasteiger partial charge >= 0.3 is 0 Å². The lowest BCUT2D eigenvalue weighted by molar-refractivity contribution is -0.136. The number of piperidine rings is 2. The van der Waals surface area contributed by atoms with Crippen molar-refractivity contribution in [3.05, 3.63) is 35.9 Å². The van der Waals surface area contributed by atoms with E-state index in [0.717, 1.165) is 19.5 Å². The molecule has 0 spiro atoms. The maximum absolute atomic E-state index is 13.6. The van der Waals surface area contributed by atoms with Crippen molar-refractivity contribution in [2.45, 2.75) is 82.5 Å². The molecule has 4 fully saturated rings. The number of rotatable bonds is 4. The number of nitrogens with zero attached hydrogens (tertiary/aromatic N) is 2. The summed E-state index contributed by atoms with van der Waals surface area (Å²) >= 11 is 0. The van der Waals surface area contributed by atoms with Crippen molar-refractivity contribution in [3.63, 3.8) is 0 Å². The van der Waals surface area contributed by atoms with Gasteiger partial charge in [-0.25, -0.2) is 0 Å². The second kappa shape index (κ2) is 7.46. The molecule has 3 saturated heterocycles.